The number of rotatable bonds is 7. The zero-order valence-corrected chi connectivity index (χ0v) is 19.8. The van der Waals surface area contributed by atoms with Gasteiger partial charge in [0.15, 0.2) is 0 Å². The Balaban J connectivity index is 1.42. The van der Waals surface area contributed by atoms with Crippen molar-refractivity contribution in [2.45, 2.75) is 45.6 Å². The van der Waals surface area contributed by atoms with Crippen molar-refractivity contribution in [2.24, 2.45) is 5.41 Å². The molecular formula is C25H32N4O5. The van der Waals surface area contributed by atoms with Gasteiger partial charge in [-0.25, -0.2) is 4.79 Å². The number of esters is 1. The molecule has 0 radical (unpaired) electrons. The van der Waals surface area contributed by atoms with Crippen molar-refractivity contribution in [3.8, 4) is 0 Å². The summed E-state index contributed by atoms with van der Waals surface area (Å²) in [6.07, 6.45) is 3.82. The van der Waals surface area contributed by atoms with Crippen LogP contribution < -0.4 is 10.6 Å². The van der Waals surface area contributed by atoms with E-state index >= 15 is 0 Å². The number of carbonyl (C=O) groups excluding carboxylic acids is 3. The molecule has 1 aromatic carbocycles. The van der Waals surface area contributed by atoms with E-state index in [4.69, 9.17) is 14.6 Å². The van der Waals surface area contributed by atoms with E-state index < -0.39 is 5.97 Å². The fourth-order valence-corrected chi connectivity index (χ4v) is 4.78. The summed E-state index contributed by atoms with van der Waals surface area (Å²) >= 11 is 0. The minimum absolute atomic E-state index is 0.00220. The lowest BCUT2D eigenvalue weighted by atomic mass is 9.75. The number of amides is 2. The van der Waals surface area contributed by atoms with Crippen LogP contribution >= 0.6 is 0 Å². The van der Waals surface area contributed by atoms with E-state index in [0.717, 1.165) is 30.5 Å². The van der Waals surface area contributed by atoms with Gasteiger partial charge >= 0.3 is 5.97 Å². The number of hydrogen-bond acceptors (Lipinski definition) is 6. The molecule has 0 unspecified atom stereocenters. The van der Waals surface area contributed by atoms with E-state index in [1.807, 2.05) is 6.92 Å². The zero-order valence-electron chi connectivity index (χ0n) is 19.8. The van der Waals surface area contributed by atoms with Crippen molar-refractivity contribution >= 4 is 17.8 Å². The van der Waals surface area contributed by atoms with Crippen LogP contribution in [0.25, 0.3) is 0 Å². The van der Waals surface area contributed by atoms with Crippen LogP contribution in [-0.2, 0) is 28.9 Å². The van der Waals surface area contributed by atoms with E-state index in [1.165, 1.54) is 6.07 Å². The van der Waals surface area contributed by atoms with Gasteiger partial charge in [0.05, 0.1) is 17.9 Å². The van der Waals surface area contributed by atoms with Crippen molar-refractivity contribution < 1.29 is 23.9 Å². The maximum absolute atomic E-state index is 12.9. The topological polar surface area (TPSA) is 112 Å². The van der Waals surface area contributed by atoms with Gasteiger partial charge in [-0.2, -0.15) is 5.10 Å². The molecule has 9 heteroatoms. The third kappa shape index (κ3) is 4.99. The summed E-state index contributed by atoms with van der Waals surface area (Å²) in [6, 6.07) is 6.46. The summed E-state index contributed by atoms with van der Waals surface area (Å²) in [5.41, 5.74) is 3.32. The van der Waals surface area contributed by atoms with Crippen LogP contribution in [0, 0.1) is 5.41 Å². The number of ether oxygens (including phenoxy) is 2. The molecule has 1 saturated heterocycles. The molecule has 34 heavy (non-hydrogen) atoms. The summed E-state index contributed by atoms with van der Waals surface area (Å²) in [4.78, 5) is 37.2. The fraction of sp³-hybridized carbons (Fsp3) is 0.520. The van der Waals surface area contributed by atoms with Crippen LogP contribution in [0.1, 0.15) is 68.6 Å². The molecule has 2 N–H and O–H groups in total. The molecule has 1 spiro atoms. The summed E-state index contributed by atoms with van der Waals surface area (Å²) < 4.78 is 12.8. The molecular weight excluding hydrogens is 436 g/mol. The predicted molar refractivity (Wildman–Crippen MR) is 125 cm³/mol. The van der Waals surface area contributed by atoms with E-state index in [0.29, 0.717) is 56.0 Å². The first-order valence-corrected chi connectivity index (χ1v) is 11.9. The van der Waals surface area contributed by atoms with Crippen LogP contribution in [0.2, 0.25) is 0 Å². The first-order chi connectivity index (χ1) is 16.5. The number of nitrogens with zero attached hydrogens (tertiary/aromatic N) is 2. The lowest BCUT2D eigenvalue weighted by Crippen LogP contribution is -2.40. The molecule has 0 atom stereocenters. The summed E-state index contributed by atoms with van der Waals surface area (Å²) in [5.74, 6) is -0.793. The number of benzene rings is 1. The molecule has 4 rings (SSSR count). The van der Waals surface area contributed by atoms with Crippen LogP contribution in [0.3, 0.4) is 0 Å². The molecule has 0 aliphatic carbocycles. The first-order valence-electron chi connectivity index (χ1n) is 11.9. The summed E-state index contributed by atoms with van der Waals surface area (Å²) in [5, 5.41) is 10.4. The average Bonchev–Trinajstić information content (AvgIpc) is 3.15. The molecule has 1 fully saturated rings. The van der Waals surface area contributed by atoms with Crippen LogP contribution in [0.5, 0.6) is 0 Å². The highest BCUT2D eigenvalue weighted by molar-refractivity contribution is 5.97. The van der Waals surface area contributed by atoms with Crippen molar-refractivity contribution in [3.05, 3.63) is 52.3 Å². The molecule has 0 bridgehead atoms. The maximum atomic E-state index is 12.9. The highest BCUT2D eigenvalue weighted by Gasteiger charge is 2.39. The van der Waals surface area contributed by atoms with Gasteiger partial charge in [0.1, 0.15) is 5.69 Å². The van der Waals surface area contributed by atoms with Crippen molar-refractivity contribution in [1.82, 2.24) is 20.4 Å². The average molecular weight is 469 g/mol. The Morgan fingerprint density at radius 1 is 1.26 bits per heavy atom. The molecule has 182 valence electrons. The second kappa shape index (κ2) is 10.4. The monoisotopic (exact) mass is 468 g/mol. The molecule has 2 aliphatic rings. The van der Waals surface area contributed by atoms with E-state index in [9.17, 15) is 14.4 Å². The minimum atomic E-state index is -0.468. The molecule has 1 aromatic heterocycles. The SMILES string of the molecule is CCn1nc(CCCOC(=O)c2cccc(C(=O)NC)c2)c2c1C(=O)NCC1(CCOCC1)C2. The van der Waals surface area contributed by atoms with Gasteiger partial charge in [-0.05, 0) is 62.6 Å². The Kier molecular flexibility index (Phi) is 7.31. The third-order valence-corrected chi connectivity index (χ3v) is 6.76. The Bertz CT molecular complexity index is 1070. The second-order valence-electron chi connectivity index (χ2n) is 8.96. The predicted octanol–water partition coefficient (Wildman–Crippen LogP) is 2.13. The van der Waals surface area contributed by atoms with Gasteiger partial charge in [0.25, 0.3) is 11.8 Å². The second-order valence-corrected chi connectivity index (χ2v) is 8.96. The maximum Gasteiger partial charge on any atom is 0.338 e. The summed E-state index contributed by atoms with van der Waals surface area (Å²) in [6.45, 7) is 4.89. The third-order valence-electron chi connectivity index (χ3n) is 6.76. The van der Waals surface area contributed by atoms with Gasteiger partial charge in [-0.1, -0.05) is 6.07 Å². The number of aryl methyl sites for hydroxylation is 2. The molecule has 0 saturated carbocycles. The largest absolute Gasteiger partial charge is 0.462 e. The normalized spacial score (nSPS) is 16.9. The lowest BCUT2D eigenvalue weighted by Gasteiger charge is -2.36. The number of fused-ring (bicyclic) bond motifs is 1. The van der Waals surface area contributed by atoms with Crippen molar-refractivity contribution in [3.63, 3.8) is 0 Å². The van der Waals surface area contributed by atoms with E-state index in [1.54, 1.807) is 29.9 Å². The zero-order chi connectivity index (χ0) is 24.1. The number of carbonyl (C=O) groups is 3. The fourth-order valence-electron chi connectivity index (χ4n) is 4.78. The number of nitrogens with one attached hydrogen (secondary N) is 2. The Morgan fingerprint density at radius 3 is 2.76 bits per heavy atom. The standard InChI is InChI=1S/C25H32N4O5/c1-3-29-21-19(15-25(16-27-23(21)31)9-12-33-13-10-25)20(28-29)8-5-11-34-24(32)18-7-4-6-17(14-18)22(30)26-2/h4,6-7,14H,3,5,8-13,15-16H2,1-2H3,(H,26,30)(H,27,31). The Labute approximate surface area is 199 Å². The smallest absolute Gasteiger partial charge is 0.338 e. The molecule has 2 amide bonds. The number of aromatic nitrogens is 2. The van der Waals surface area contributed by atoms with Gasteiger partial charge in [0, 0.05) is 44.5 Å². The lowest BCUT2D eigenvalue weighted by molar-refractivity contribution is 0.0160. The molecule has 2 aromatic rings. The van der Waals surface area contributed by atoms with Gasteiger partial charge in [-0.15, -0.1) is 0 Å². The quantitative estimate of drug-likeness (QED) is 0.476. The van der Waals surface area contributed by atoms with Gasteiger partial charge < -0.3 is 20.1 Å². The Morgan fingerprint density at radius 2 is 2.03 bits per heavy atom. The van der Waals surface area contributed by atoms with Crippen molar-refractivity contribution in [1.29, 1.82) is 0 Å². The van der Waals surface area contributed by atoms with Crippen molar-refractivity contribution in [2.75, 3.05) is 33.4 Å². The minimum Gasteiger partial charge on any atom is -0.462 e. The van der Waals surface area contributed by atoms with Gasteiger partial charge in [-0.3, -0.25) is 14.3 Å². The molecule has 3 heterocycles. The Hall–Kier alpha value is -3.20. The first kappa shape index (κ1) is 23.9. The molecule has 2 aliphatic heterocycles. The number of hydrogen-bond donors (Lipinski definition) is 2. The van der Waals surface area contributed by atoms with E-state index in [-0.39, 0.29) is 23.8 Å². The van der Waals surface area contributed by atoms with Crippen LogP contribution in [-0.4, -0.2) is 61.0 Å². The van der Waals surface area contributed by atoms with E-state index in [2.05, 4.69) is 10.6 Å². The van der Waals surface area contributed by atoms with Crippen LogP contribution in [0.4, 0.5) is 0 Å². The van der Waals surface area contributed by atoms with Crippen LogP contribution in [0.15, 0.2) is 24.3 Å². The highest BCUT2D eigenvalue weighted by atomic mass is 16.5. The summed E-state index contributed by atoms with van der Waals surface area (Å²) in [7, 11) is 1.54. The van der Waals surface area contributed by atoms with Gasteiger partial charge in [0.2, 0.25) is 0 Å². The molecule has 9 nitrogen and oxygen atoms in total. The highest BCUT2D eigenvalue weighted by Crippen LogP contribution is 2.37.